The zero-order valence-corrected chi connectivity index (χ0v) is 37.9. The minimum atomic E-state index is -0.286. The molecule has 0 radical (unpaired) electrons. The molecular formula is C51H101NO2. The van der Waals surface area contributed by atoms with Gasteiger partial charge in [0, 0.05) is 19.4 Å². The van der Waals surface area contributed by atoms with Crippen LogP contribution in [-0.4, -0.2) is 43.0 Å². The first kappa shape index (κ1) is 50.0. The van der Waals surface area contributed by atoms with Crippen LogP contribution in [0.15, 0.2) is 0 Å². The molecule has 0 amide bonds. The molecule has 1 unspecified atom stereocenters. The largest absolute Gasteiger partial charge is 0.347 e. The molecule has 0 spiro atoms. The molecule has 0 bridgehead atoms. The molecule has 2 fully saturated rings. The Labute approximate surface area is 341 Å². The lowest BCUT2D eigenvalue weighted by atomic mass is 9.90. The van der Waals surface area contributed by atoms with E-state index in [1.807, 2.05) is 0 Å². The van der Waals surface area contributed by atoms with Gasteiger partial charge in [0.15, 0.2) is 5.79 Å². The summed E-state index contributed by atoms with van der Waals surface area (Å²) < 4.78 is 13.5. The van der Waals surface area contributed by atoms with Crippen LogP contribution in [0.2, 0.25) is 0 Å². The molecule has 0 saturated carbocycles. The monoisotopic (exact) mass is 760 g/mol. The predicted molar refractivity (Wildman–Crippen MR) is 240 cm³/mol. The minimum Gasteiger partial charge on any atom is -0.347 e. The molecule has 2 aliphatic rings. The van der Waals surface area contributed by atoms with E-state index in [0.717, 1.165) is 37.7 Å². The van der Waals surface area contributed by atoms with Gasteiger partial charge in [-0.2, -0.15) is 0 Å². The molecule has 0 N–H and O–H groups in total. The summed E-state index contributed by atoms with van der Waals surface area (Å²) in [6.45, 7) is 14.0. The number of unbranched alkanes of at least 4 members (excludes halogenated alkanes) is 22. The number of rotatable bonds is 41. The van der Waals surface area contributed by atoms with Crippen LogP contribution in [0.3, 0.4) is 0 Å². The quantitative estimate of drug-likeness (QED) is 0.0580. The maximum absolute atomic E-state index is 6.87. The summed E-state index contributed by atoms with van der Waals surface area (Å²) in [5.41, 5.74) is 0. The summed E-state index contributed by atoms with van der Waals surface area (Å²) in [5, 5.41) is 0. The zero-order chi connectivity index (χ0) is 38.6. The molecule has 0 aromatic rings. The van der Waals surface area contributed by atoms with E-state index in [0.29, 0.717) is 6.10 Å². The molecular weight excluding hydrogens is 659 g/mol. The Balaban J connectivity index is 1.60. The van der Waals surface area contributed by atoms with Crippen molar-refractivity contribution in [2.75, 3.05) is 26.2 Å². The Bertz CT molecular complexity index is 701. The fourth-order valence-electron chi connectivity index (χ4n) is 9.85. The second-order valence-electron chi connectivity index (χ2n) is 18.7. The molecule has 3 nitrogen and oxygen atoms in total. The van der Waals surface area contributed by atoms with Crippen molar-refractivity contribution in [2.45, 2.75) is 290 Å². The third-order valence-corrected chi connectivity index (χ3v) is 13.6. The van der Waals surface area contributed by atoms with Crippen LogP contribution in [-0.2, 0) is 9.47 Å². The van der Waals surface area contributed by atoms with Gasteiger partial charge in [0.25, 0.3) is 0 Å². The Kier molecular flexibility index (Phi) is 33.3. The van der Waals surface area contributed by atoms with Crippen LogP contribution in [0.1, 0.15) is 278 Å². The van der Waals surface area contributed by atoms with Crippen LogP contribution in [0, 0.1) is 11.8 Å². The van der Waals surface area contributed by atoms with E-state index in [1.54, 1.807) is 0 Å². The average Bonchev–Trinajstić information content (AvgIpc) is 3.86. The summed E-state index contributed by atoms with van der Waals surface area (Å²) >= 11 is 0. The molecule has 0 aromatic heterocycles. The molecule has 0 aromatic carbocycles. The summed E-state index contributed by atoms with van der Waals surface area (Å²) in [7, 11) is 0. The number of nitrogens with zero attached hydrogens (tertiary/aromatic N) is 1. The molecule has 54 heavy (non-hydrogen) atoms. The Morgan fingerprint density at radius 1 is 0.444 bits per heavy atom. The van der Waals surface area contributed by atoms with Crippen LogP contribution >= 0.6 is 0 Å². The number of likely N-dealkylation sites (tertiary alicyclic amines) is 1. The third kappa shape index (κ3) is 26.7. The summed E-state index contributed by atoms with van der Waals surface area (Å²) in [5.74, 6) is 1.73. The van der Waals surface area contributed by atoms with Gasteiger partial charge in [0.05, 0.1) is 12.7 Å². The number of hydrogen-bond donors (Lipinski definition) is 0. The fraction of sp³-hybridized carbons (Fsp3) is 1.00. The van der Waals surface area contributed by atoms with Crippen molar-refractivity contribution in [2.24, 2.45) is 11.8 Å². The van der Waals surface area contributed by atoms with Gasteiger partial charge in [-0.15, -0.1) is 0 Å². The highest BCUT2D eigenvalue weighted by Crippen LogP contribution is 2.36. The van der Waals surface area contributed by atoms with Crippen LogP contribution < -0.4 is 0 Å². The summed E-state index contributed by atoms with van der Waals surface area (Å²) in [6.07, 6.45) is 54.9. The smallest absolute Gasteiger partial charge is 0.168 e. The molecule has 2 saturated heterocycles. The fourth-order valence-corrected chi connectivity index (χ4v) is 9.85. The highest BCUT2D eigenvalue weighted by Gasteiger charge is 2.40. The first-order chi connectivity index (χ1) is 26.6. The van der Waals surface area contributed by atoms with Crippen molar-refractivity contribution in [3.05, 3.63) is 0 Å². The highest BCUT2D eigenvalue weighted by atomic mass is 16.7. The molecule has 2 heterocycles. The van der Waals surface area contributed by atoms with Gasteiger partial charge in [0.1, 0.15) is 0 Å². The van der Waals surface area contributed by atoms with Crippen LogP contribution in [0.5, 0.6) is 0 Å². The molecule has 322 valence electrons. The Morgan fingerprint density at radius 2 is 0.778 bits per heavy atom. The van der Waals surface area contributed by atoms with Crippen molar-refractivity contribution in [1.29, 1.82) is 0 Å². The minimum absolute atomic E-state index is 0.286. The van der Waals surface area contributed by atoms with E-state index in [4.69, 9.17) is 9.47 Å². The molecule has 0 aliphatic carbocycles. The number of ether oxygens (including phenoxy) is 2. The SMILES string of the molecule is CCCCCC(CCCCC)CCCCCCCCCCC1(CCCCCCCCCCC(CCCCC)CCCCC)OCC(CCN2CCCC2)O1. The van der Waals surface area contributed by atoms with Crippen molar-refractivity contribution in [1.82, 2.24) is 4.90 Å². The summed E-state index contributed by atoms with van der Waals surface area (Å²) in [4.78, 5) is 2.64. The first-order valence-corrected chi connectivity index (χ1v) is 25.7. The normalized spacial score (nSPS) is 17.6. The van der Waals surface area contributed by atoms with Gasteiger partial charge >= 0.3 is 0 Å². The highest BCUT2D eigenvalue weighted by molar-refractivity contribution is 4.81. The molecule has 2 rings (SSSR count). The van der Waals surface area contributed by atoms with E-state index in [1.165, 1.54) is 251 Å². The van der Waals surface area contributed by atoms with Gasteiger partial charge in [-0.05, 0) is 57.0 Å². The molecule has 3 heteroatoms. The van der Waals surface area contributed by atoms with Crippen LogP contribution in [0.25, 0.3) is 0 Å². The second-order valence-corrected chi connectivity index (χ2v) is 18.7. The van der Waals surface area contributed by atoms with Crippen LogP contribution in [0.4, 0.5) is 0 Å². The topological polar surface area (TPSA) is 21.7 Å². The van der Waals surface area contributed by atoms with Crippen molar-refractivity contribution in [3.63, 3.8) is 0 Å². The van der Waals surface area contributed by atoms with E-state index >= 15 is 0 Å². The molecule has 1 atom stereocenters. The predicted octanol–water partition coefficient (Wildman–Crippen LogP) is 16.9. The van der Waals surface area contributed by atoms with Crippen molar-refractivity contribution >= 4 is 0 Å². The maximum Gasteiger partial charge on any atom is 0.168 e. The van der Waals surface area contributed by atoms with E-state index in [9.17, 15) is 0 Å². The second kappa shape index (κ2) is 36.0. The van der Waals surface area contributed by atoms with Gasteiger partial charge in [0.2, 0.25) is 0 Å². The van der Waals surface area contributed by atoms with Gasteiger partial charge in [-0.3, -0.25) is 0 Å². The van der Waals surface area contributed by atoms with Gasteiger partial charge in [-0.1, -0.05) is 233 Å². The molecule has 2 aliphatic heterocycles. The van der Waals surface area contributed by atoms with Gasteiger partial charge in [-0.25, -0.2) is 0 Å². The van der Waals surface area contributed by atoms with E-state index < -0.39 is 0 Å². The van der Waals surface area contributed by atoms with Gasteiger partial charge < -0.3 is 14.4 Å². The van der Waals surface area contributed by atoms with Crippen molar-refractivity contribution < 1.29 is 9.47 Å². The lowest BCUT2D eigenvalue weighted by molar-refractivity contribution is -0.180. The number of hydrogen-bond acceptors (Lipinski definition) is 3. The lowest BCUT2D eigenvalue weighted by Gasteiger charge is -2.29. The maximum atomic E-state index is 6.87. The average molecular weight is 760 g/mol. The summed E-state index contributed by atoms with van der Waals surface area (Å²) in [6, 6.07) is 0. The zero-order valence-electron chi connectivity index (χ0n) is 37.9. The lowest BCUT2D eigenvalue weighted by Crippen LogP contribution is -2.32. The Morgan fingerprint density at radius 3 is 1.15 bits per heavy atom. The first-order valence-electron chi connectivity index (χ1n) is 25.7. The third-order valence-electron chi connectivity index (χ3n) is 13.6. The van der Waals surface area contributed by atoms with E-state index in [2.05, 4.69) is 32.6 Å². The standard InChI is InChI=1S/C51H101NO2/c1-5-9-25-35-48(36-26-10-6-2)39-29-21-17-13-15-19-23-31-42-51(53-47-50(54-51)41-46-52-44-33-34-45-52)43-32-24-20-16-14-18-22-30-40-49(37-27-11-7-3)38-28-12-8-4/h48-50H,5-47H2,1-4H3. The Hall–Kier alpha value is -0.120. The van der Waals surface area contributed by atoms with E-state index in [-0.39, 0.29) is 5.79 Å². The van der Waals surface area contributed by atoms with Crippen molar-refractivity contribution in [3.8, 4) is 0 Å².